The Morgan fingerprint density at radius 3 is 2.83 bits per heavy atom. The van der Waals surface area contributed by atoms with Gasteiger partial charge >= 0.3 is 0 Å². The van der Waals surface area contributed by atoms with E-state index in [0.717, 1.165) is 23.0 Å². The summed E-state index contributed by atoms with van der Waals surface area (Å²) in [7, 11) is 0. The van der Waals surface area contributed by atoms with Crippen molar-refractivity contribution in [2.45, 2.75) is 19.4 Å². The molecule has 0 spiro atoms. The molecule has 0 bridgehead atoms. The number of nitrogens with one attached hydrogen (secondary N) is 1. The Kier molecular flexibility index (Phi) is 4.92. The van der Waals surface area contributed by atoms with Crippen molar-refractivity contribution in [2.24, 2.45) is 0 Å². The monoisotopic (exact) mass is 327 g/mol. The predicted molar refractivity (Wildman–Crippen MR) is 78.5 cm³/mol. The molecule has 0 saturated heterocycles. The normalized spacial score (nSPS) is 12.6. The summed E-state index contributed by atoms with van der Waals surface area (Å²) in [6.45, 7) is 2.97. The molecule has 2 rings (SSSR count). The maximum Gasteiger partial charge on any atom is 0.123 e. The van der Waals surface area contributed by atoms with Crippen LogP contribution in [0.2, 0.25) is 0 Å². The molecule has 2 aromatic rings. The van der Waals surface area contributed by atoms with Gasteiger partial charge in [-0.2, -0.15) is 11.3 Å². The first-order valence-electron chi connectivity index (χ1n) is 5.90. The first-order chi connectivity index (χ1) is 8.70. The molecular formula is C14H15BrFNS. The van der Waals surface area contributed by atoms with Crippen molar-refractivity contribution in [1.82, 2.24) is 5.32 Å². The van der Waals surface area contributed by atoms with E-state index in [4.69, 9.17) is 0 Å². The minimum atomic E-state index is -0.174. The van der Waals surface area contributed by atoms with Crippen molar-refractivity contribution < 1.29 is 4.39 Å². The zero-order valence-corrected chi connectivity index (χ0v) is 12.5. The summed E-state index contributed by atoms with van der Waals surface area (Å²) in [6, 6.07) is 7.03. The van der Waals surface area contributed by atoms with Crippen LogP contribution in [0.3, 0.4) is 0 Å². The van der Waals surface area contributed by atoms with Gasteiger partial charge in [0.15, 0.2) is 0 Å². The fourth-order valence-corrected chi connectivity index (χ4v) is 3.61. The summed E-state index contributed by atoms with van der Waals surface area (Å²) in [5, 5.41) is 7.66. The van der Waals surface area contributed by atoms with Gasteiger partial charge in [-0.25, -0.2) is 4.39 Å². The van der Waals surface area contributed by atoms with Gasteiger partial charge < -0.3 is 5.32 Å². The van der Waals surface area contributed by atoms with Crippen LogP contribution in [0.5, 0.6) is 0 Å². The van der Waals surface area contributed by atoms with Crippen LogP contribution in [0.25, 0.3) is 0 Å². The summed E-state index contributed by atoms with van der Waals surface area (Å²) in [6.07, 6.45) is 0.793. The van der Waals surface area contributed by atoms with Crippen molar-refractivity contribution in [2.75, 3.05) is 6.54 Å². The average Bonchev–Trinajstić information content (AvgIpc) is 2.75. The van der Waals surface area contributed by atoms with Gasteiger partial charge in [0, 0.05) is 15.9 Å². The SMILES string of the molecule is CCNC(Cc1cccc(F)c1)c1cscc1Br. The van der Waals surface area contributed by atoms with E-state index in [2.05, 4.69) is 38.9 Å². The average molecular weight is 328 g/mol. The topological polar surface area (TPSA) is 12.0 Å². The van der Waals surface area contributed by atoms with Gasteiger partial charge in [0.1, 0.15) is 5.82 Å². The molecule has 0 aliphatic heterocycles. The molecule has 96 valence electrons. The van der Waals surface area contributed by atoms with Crippen LogP contribution >= 0.6 is 27.3 Å². The lowest BCUT2D eigenvalue weighted by molar-refractivity contribution is 0.546. The van der Waals surface area contributed by atoms with Crippen LogP contribution in [-0.4, -0.2) is 6.54 Å². The smallest absolute Gasteiger partial charge is 0.123 e. The Bertz CT molecular complexity index is 512. The Morgan fingerprint density at radius 2 is 2.22 bits per heavy atom. The molecule has 0 fully saturated rings. The van der Waals surface area contributed by atoms with E-state index in [1.54, 1.807) is 23.5 Å². The molecule has 1 N–H and O–H groups in total. The highest BCUT2D eigenvalue weighted by Gasteiger charge is 2.15. The summed E-state index contributed by atoms with van der Waals surface area (Å²) < 4.78 is 14.3. The molecule has 18 heavy (non-hydrogen) atoms. The lowest BCUT2D eigenvalue weighted by Gasteiger charge is -2.18. The van der Waals surface area contributed by atoms with Crippen LogP contribution in [0.1, 0.15) is 24.1 Å². The number of hydrogen-bond donors (Lipinski definition) is 1. The number of benzene rings is 1. The lowest BCUT2D eigenvalue weighted by Crippen LogP contribution is -2.22. The molecule has 0 aliphatic rings. The maximum absolute atomic E-state index is 13.2. The third-order valence-electron chi connectivity index (χ3n) is 2.80. The minimum absolute atomic E-state index is 0.174. The molecule has 1 heterocycles. The van der Waals surface area contributed by atoms with Crippen LogP contribution in [0, 0.1) is 5.82 Å². The molecule has 1 nitrogen and oxygen atoms in total. The fourth-order valence-electron chi connectivity index (χ4n) is 1.98. The molecular weight excluding hydrogens is 313 g/mol. The second-order valence-corrected chi connectivity index (χ2v) is 5.72. The molecule has 1 unspecified atom stereocenters. The number of rotatable bonds is 5. The number of likely N-dealkylation sites (N-methyl/N-ethyl adjacent to an activating group) is 1. The van der Waals surface area contributed by atoms with Crippen LogP contribution in [-0.2, 0) is 6.42 Å². The Labute approximate surface area is 119 Å². The van der Waals surface area contributed by atoms with Crippen molar-refractivity contribution in [3.8, 4) is 0 Å². The zero-order chi connectivity index (χ0) is 13.0. The Morgan fingerprint density at radius 1 is 1.39 bits per heavy atom. The van der Waals surface area contributed by atoms with Gasteiger partial charge in [-0.05, 0) is 57.5 Å². The third-order valence-corrected chi connectivity index (χ3v) is 4.55. The van der Waals surface area contributed by atoms with Crippen LogP contribution in [0.4, 0.5) is 4.39 Å². The van der Waals surface area contributed by atoms with Gasteiger partial charge in [0.25, 0.3) is 0 Å². The van der Waals surface area contributed by atoms with Gasteiger partial charge in [0.05, 0.1) is 0 Å². The number of halogens is 2. The zero-order valence-electron chi connectivity index (χ0n) is 10.1. The van der Waals surface area contributed by atoms with Gasteiger partial charge in [-0.3, -0.25) is 0 Å². The second-order valence-electron chi connectivity index (χ2n) is 4.12. The van der Waals surface area contributed by atoms with E-state index in [1.165, 1.54) is 11.6 Å². The number of thiophene rings is 1. The molecule has 0 amide bonds. The largest absolute Gasteiger partial charge is 0.310 e. The van der Waals surface area contributed by atoms with E-state index in [0.29, 0.717) is 0 Å². The van der Waals surface area contributed by atoms with E-state index >= 15 is 0 Å². The molecule has 0 radical (unpaired) electrons. The molecule has 1 aromatic heterocycles. The van der Waals surface area contributed by atoms with Crippen molar-refractivity contribution >= 4 is 27.3 Å². The summed E-state index contributed by atoms with van der Waals surface area (Å²) >= 11 is 5.23. The quantitative estimate of drug-likeness (QED) is 0.849. The molecule has 0 saturated carbocycles. The summed E-state index contributed by atoms with van der Waals surface area (Å²) in [5.41, 5.74) is 2.25. The second kappa shape index (κ2) is 6.45. The highest BCUT2D eigenvalue weighted by molar-refractivity contribution is 9.10. The predicted octanol–water partition coefficient (Wildman–Crippen LogP) is 4.54. The van der Waals surface area contributed by atoms with Crippen molar-refractivity contribution in [1.29, 1.82) is 0 Å². The van der Waals surface area contributed by atoms with Crippen molar-refractivity contribution in [3.05, 3.63) is 56.4 Å². The molecule has 4 heteroatoms. The molecule has 1 aromatic carbocycles. The lowest BCUT2D eigenvalue weighted by atomic mass is 10.0. The highest BCUT2D eigenvalue weighted by atomic mass is 79.9. The first-order valence-corrected chi connectivity index (χ1v) is 7.63. The standard InChI is InChI=1S/C14H15BrFNS/c1-2-17-14(12-8-18-9-13(12)15)7-10-4-3-5-11(16)6-10/h3-6,8-9,14,17H,2,7H2,1H3. The summed E-state index contributed by atoms with van der Waals surface area (Å²) in [5.74, 6) is -0.174. The van der Waals surface area contributed by atoms with E-state index < -0.39 is 0 Å². The van der Waals surface area contributed by atoms with Gasteiger partial charge in [0.2, 0.25) is 0 Å². The molecule has 1 atom stereocenters. The first kappa shape index (κ1) is 13.7. The van der Waals surface area contributed by atoms with Crippen LogP contribution < -0.4 is 5.32 Å². The Balaban J connectivity index is 2.19. The van der Waals surface area contributed by atoms with Crippen molar-refractivity contribution in [3.63, 3.8) is 0 Å². The van der Waals surface area contributed by atoms with Crippen LogP contribution in [0.15, 0.2) is 39.5 Å². The minimum Gasteiger partial charge on any atom is -0.310 e. The fraction of sp³-hybridized carbons (Fsp3) is 0.286. The Hall–Kier alpha value is -0.710. The van der Waals surface area contributed by atoms with Gasteiger partial charge in [-0.1, -0.05) is 19.1 Å². The summed E-state index contributed by atoms with van der Waals surface area (Å²) in [4.78, 5) is 0. The number of hydrogen-bond acceptors (Lipinski definition) is 2. The van der Waals surface area contributed by atoms with E-state index in [9.17, 15) is 4.39 Å². The van der Waals surface area contributed by atoms with E-state index in [-0.39, 0.29) is 11.9 Å². The highest BCUT2D eigenvalue weighted by Crippen LogP contribution is 2.29. The third kappa shape index (κ3) is 3.40. The maximum atomic E-state index is 13.2. The van der Waals surface area contributed by atoms with E-state index in [1.807, 2.05) is 6.07 Å². The van der Waals surface area contributed by atoms with Gasteiger partial charge in [-0.15, -0.1) is 0 Å². The molecule has 0 aliphatic carbocycles.